The molecule has 6 heteroatoms. The fourth-order valence-electron chi connectivity index (χ4n) is 3.04. The number of carbonyl (C=O) groups is 1. The standard InChI is InChI=1S/C15H20N4OS/c1-9-7-18(4)14(16-9)12-5-6-19(8-12)15(20)13-10(2)17-11(3)21-13/h7,12H,5-6,8H2,1-4H3/t12-/m1/s1. The van der Waals surface area contributed by atoms with Crippen LogP contribution in [0.3, 0.4) is 0 Å². The minimum absolute atomic E-state index is 0.117. The highest BCUT2D eigenvalue weighted by atomic mass is 32.1. The molecule has 1 aliphatic heterocycles. The van der Waals surface area contributed by atoms with Gasteiger partial charge in [0, 0.05) is 32.3 Å². The first kappa shape index (κ1) is 14.3. The van der Waals surface area contributed by atoms with Gasteiger partial charge in [0.05, 0.1) is 16.4 Å². The van der Waals surface area contributed by atoms with E-state index in [0.29, 0.717) is 5.92 Å². The Morgan fingerprint density at radius 1 is 1.33 bits per heavy atom. The van der Waals surface area contributed by atoms with E-state index < -0.39 is 0 Å². The number of hydrogen-bond donors (Lipinski definition) is 0. The average molecular weight is 304 g/mol. The predicted molar refractivity (Wildman–Crippen MR) is 82.8 cm³/mol. The lowest BCUT2D eigenvalue weighted by atomic mass is 10.1. The minimum Gasteiger partial charge on any atom is -0.337 e. The number of aryl methyl sites for hydroxylation is 4. The van der Waals surface area contributed by atoms with Crippen LogP contribution in [0.4, 0.5) is 0 Å². The van der Waals surface area contributed by atoms with Crippen LogP contribution in [0.15, 0.2) is 6.20 Å². The Morgan fingerprint density at radius 3 is 2.67 bits per heavy atom. The summed E-state index contributed by atoms with van der Waals surface area (Å²) in [5.41, 5.74) is 1.88. The molecule has 0 aromatic carbocycles. The normalized spacial score (nSPS) is 18.5. The maximum atomic E-state index is 12.6. The van der Waals surface area contributed by atoms with Crippen molar-refractivity contribution in [1.82, 2.24) is 19.4 Å². The van der Waals surface area contributed by atoms with E-state index >= 15 is 0 Å². The molecule has 0 saturated carbocycles. The van der Waals surface area contributed by atoms with Crippen LogP contribution in [0.2, 0.25) is 0 Å². The SMILES string of the molecule is Cc1cn(C)c([C@@H]2CCN(C(=O)c3sc(C)nc3C)C2)n1. The number of imidazole rings is 1. The van der Waals surface area contributed by atoms with Gasteiger partial charge in [-0.3, -0.25) is 4.79 Å². The molecule has 21 heavy (non-hydrogen) atoms. The highest BCUT2D eigenvalue weighted by Crippen LogP contribution is 2.29. The number of nitrogens with zero attached hydrogens (tertiary/aromatic N) is 4. The monoisotopic (exact) mass is 304 g/mol. The fraction of sp³-hybridized carbons (Fsp3) is 0.533. The van der Waals surface area contributed by atoms with E-state index in [-0.39, 0.29) is 5.91 Å². The van der Waals surface area contributed by atoms with Crippen LogP contribution in [-0.4, -0.2) is 38.4 Å². The summed E-state index contributed by atoms with van der Waals surface area (Å²) < 4.78 is 2.08. The molecule has 112 valence electrons. The van der Waals surface area contributed by atoms with Crippen LogP contribution in [0.1, 0.15) is 44.2 Å². The molecule has 1 atom stereocenters. The maximum absolute atomic E-state index is 12.6. The summed E-state index contributed by atoms with van der Waals surface area (Å²) in [5, 5.41) is 0.950. The Balaban J connectivity index is 1.76. The first-order valence-corrected chi connectivity index (χ1v) is 8.00. The summed E-state index contributed by atoms with van der Waals surface area (Å²) in [6.45, 7) is 7.40. The van der Waals surface area contributed by atoms with E-state index in [1.165, 1.54) is 11.3 Å². The molecular formula is C15H20N4OS. The van der Waals surface area contributed by atoms with E-state index in [9.17, 15) is 4.79 Å². The smallest absolute Gasteiger partial charge is 0.265 e. The highest BCUT2D eigenvalue weighted by molar-refractivity contribution is 7.13. The third-order valence-electron chi connectivity index (χ3n) is 3.97. The van der Waals surface area contributed by atoms with Crippen molar-refractivity contribution >= 4 is 17.2 Å². The van der Waals surface area contributed by atoms with Crippen LogP contribution < -0.4 is 0 Å². The van der Waals surface area contributed by atoms with Crippen molar-refractivity contribution in [3.05, 3.63) is 33.3 Å². The quantitative estimate of drug-likeness (QED) is 0.856. The summed E-state index contributed by atoms with van der Waals surface area (Å²) in [6, 6.07) is 0. The Kier molecular flexibility index (Phi) is 3.57. The molecule has 2 aromatic rings. The second-order valence-corrected chi connectivity index (χ2v) is 6.94. The molecule has 1 fully saturated rings. The van der Waals surface area contributed by atoms with Gasteiger partial charge in [-0.05, 0) is 27.2 Å². The molecule has 0 radical (unpaired) electrons. The third kappa shape index (κ3) is 2.60. The minimum atomic E-state index is 0.117. The van der Waals surface area contributed by atoms with Crippen LogP contribution in [0.5, 0.6) is 0 Å². The molecule has 1 amide bonds. The number of rotatable bonds is 2. The molecule has 0 unspecified atom stereocenters. The predicted octanol–water partition coefficient (Wildman–Crippen LogP) is 2.43. The van der Waals surface area contributed by atoms with Gasteiger partial charge >= 0.3 is 0 Å². The van der Waals surface area contributed by atoms with E-state index in [2.05, 4.69) is 14.5 Å². The van der Waals surface area contributed by atoms with Crippen molar-refractivity contribution in [2.45, 2.75) is 33.1 Å². The van der Waals surface area contributed by atoms with Crippen molar-refractivity contribution in [2.24, 2.45) is 7.05 Å². The summed E-state index contributed by atoms with van der Waals surface area (Å²) in [6.07, 6.45) is 3.02. The lowest BCUT2D eigenvalue weighted by Crippen LogP contribution is -2.28. The first-order chi connectivity index (χ1) is 9.95. The second kappa shape index (κ2) is 5.26. The molecule has 1 saturated heterocycles. The number of thiazole rings is 1. The number of carbonyl (C=O) groups excluding carboxylic acids is 1. The Labute approximate surface area is 128 Å². The second-order valence-electron chi connectivity index (χ2n) is 5.74. The van der Waals surface area contributed by atoms with Crippen molar-refractivity contribution < 1.29 is 4.79 Å². The number of likely N-dealkylation sites (tertiary alicyclic amines) is 1. The maximum Gasteiger partial charge on any atom is 0.265 e. The highest BCUT2D eigenvalue weighted by Gasteiger charge is 2.31. The molecule has 0 bridgehead atoms. The van der Waals surface area contributed by atoms with Gasteiger partial charge in [0.15, 0.2) is 0 Å². The van der Waals surface area contributed by atoms with Gasteiger partial charge in [-0.1, -0.05) is 0 Å². The third-order valence-corrected chi connectivity index (χ3v) is 5.03. The van der Waals surface area contributed by atoms with Gasteiger partial charge in [0.1, 0.15) is 10.7 Å². The summed E-state index contributed by atoms with van der Waals surface area (Å²) in [4.78, 5) is 24.3. The first-order valence-electron chi connectivity index (χ1n) is 7.19. The molecule has 2 aromatic heterocycles. The van der Waals surface area contributed by atoms with Crippen molar-refractivity contribution in [1.29, 1.82) is 0 Å². The van der Waals surface area contributed by atoms with Crippen molar-refractivity contribution in [3.63, 3.8) is 0 Å². The largest absolute Gasteiger partial charge is 0.337 e. The number of aromatic nitrogens is 3. The molecule has 0 N–H and O–H groups in total. The molecule has 5 nitrogen and oxygen atoms in total. The van der Waals surface area contributed by atoms with E-state index in [4.69, 9.17) is 0 Å². The molecule has 3 heterocycles. The van der Waals surface area contributed by atoms with Gasteiger partial charge in [-0.25, -0.2) is 9.97 Å². The number of amides is 1. The van der Waals surface area contributed by atoms with Gasteiger partial charge in [-0.2, -0.15) is 0 Å². The summed E-state index contributed by atoms with van der Waals surface area (Å²) in [5.74, 6) is 1.54. The molecule has 3 rings (SSSR count). The summed E-state index contributed by atoms with van der Waals surface area (Å²) in [7, 11) is 2.02. The van der Waals surface area contributed by atoms with E-state index in [1.54, 1.807) is 0 Å². The van der Waals surface area contributed by atoms with E-state index in [1.807, 2.05) is 38.9 Å². The zero-order chi connectivity index (χ0) is 15.1. The van der Waals surface area contributed by atoms with Crippen LogP contribution in [0, 0.1) is 20.8 Å². The Morgan fingerprint density at radius 2 is 2.10 bits per heavy atom. The molecule has 0 spiro atoms. The van der Waals surface area contributed by atoms with Gasteiger partial charge in [0.2, 0.25) is 0 Å². The van der Waals surface area contributed by atoms with Crippen LogP contribution in [-0.2, 0) is 7.05 Å². The van der Waals surface area contributed by atoms with Crippen LogP contribution >= 0.6 is 11.3 Å². The average Bonchev–Trinajstić information content (AvgIpc) is 3.08. The lowest BCUT2D eigenvalue weighted by molar-refractivity contribution is 0.0794. The molecular weight excluding hydrogens is 284 g/mol. The van der Waals surface area contributed by atoms with E-state index in [0.717, 1.165) is 46.6 Å². The van der Waals surface area contributed by atoms with Crippen LogP contribution in [0.25, 0.3) is 0 Å². The van der Waals surface area contributed by atoms with Crippen molar-refractivity contribution in [3.8, 4) is 0 Å². The molecule has 0 aliphatic carbocycles. The molecule has 1 aliphatic rings. The van der Waals surface area contributed by atoms with Gasteiger partial charge in [-0.15, -0.1) is 11.3 Å². The lowest BCUT2D eigenvalue weighted by Gasteiger charge is -2.15. The van der Waals surface area contributed by atoms with Crippen molar-refractivity contribution in [2.75, 3.05) is 13.1 Å². The zero-order valence-electron chi connectivity index (χ0n) is 12.9. The number of hydrogen-bond acceptors (Lipinski definition) is 4. The fourth-order valence-corrected chi connectivity index (χ4v) is 3.93. The zero-order valence-corrected chi connectivity index (χ0v) is 13.7. The Bertz CT molecular complexity index is 688. The Hall–Kier alpha value is -1.69. The van der Waals surface area contributed by atoms with Gasteiger partial charge < -0.3 is 9.47 Å². The summed E-state index contributed by atoms with van der Waals surface area (Å²) >= 11 is 1.49. The van der Waals surface area contributed by atoms with Gasteiger partial charge in [0.25, 0.3) is 5.91 Å². The topological polar surface area (TPSA) is 51.0 Å².